The van der Waals surface area contributed by atoms with Crippen LogP contribution in [0.2, 0.25) is 0 Å². The predicted molar refractivity (Wildman–Crippen MR) is 110 cm³/mol. The molecule has 1 aliphatic heterocycles. The molecule has 2 fully saturated rings. The highest BCUT2D eigenvalue weighted by Gasteiger charge is 2.46. The van der Waals surface area contributed by atoms with Crippen molar-refractivity contribution in [2.75, 3.05) is 26.3 Å². The molecule has 5 nitrogen and oxygen atoms in total. The number of amides is 1. The number of ketones is 1. The summed E-state index contributed by atoms with van der Waals surface area (Å²) in [5.74, 6) is -2.43. The van der Waals surface area contributed by atoms with Crippen molar-refractivity contribution in [3.05, 3.63) is 65.2 Å². The lowest BCUT2D eigenvalue weighted by Gasteiger charge is -2.33. The number of hydrogen-bond donors (Lipinski definition) is 0. The van der Waals surface area contributed by atoms with Crippen LogP contribution in [0.15, 0.2) is 42.5 Å². The monoisotopic (exact) mass is 429 g/mol. The maximum atomic E-state index is 14.3. The number of carbonyl (C=O) groups is 2. The molecule has 0 radical (unpaired) electrons. The van der Waals surface area contributed by atoms with E-state index in [0.717, 1.165) is 18.6 Å². The van der Waals surface area contributed by atoms with E-state index in [2.05, 4.69) is 0 Å². The predicted octanol–water partition coefficient (Wildman–Crippen LogP) is 3.97. The largest absolute Gasteiger partial charge is 0.485 e. The summed E-state index contributed by atoms with van der Waals surface area (Å²) in [6.45, 7) is 2.68. The molecule has 31 heavy (non-hydrogen) atoms. The minimum Gasteiger partial charge on any atom is -0.485 e. The van der Waals surface area contributed by atoms with E-state index in [1.54, 1.807) is 11.8 Å². The third-order valence-corrected chi connectivity index (χ3v) is 5.84. The van der Waals surface area contributed by atoms with Gasteiger partial charge >= 0.3 is 0 Å². The molecule has 164 valence electrons. The number of halogens is 2. The number of hydrogen-bond acceptors (Lipinski definition) is 4. The molecule has 4 rings (SSSR count). The fourth-order valence-electron chi connectivity index (χ4n) is 4.03. The zero-order chi connectivity index (χ0) is 22.0. The molecule has 0 spiro atoms. The van der Waals surface area contributed by atoms with Crippen molar-refractivity contribution in [3.63, 3.8) is 0 Å². The van der Waals surface area contributed by atoms with Crippen molar-refractivity contribution in [2.45, 2.75) is 31.8 Å². The zero-order valence-corrected chi connectivity index (χ0v) is 17.4. The average Bonchev–Trinajstić information content (AvgIpc) is 3.59. The summed E-state index contributed by atoms with van der Waals surface area (Å²) in [7, 11) is 0. The zero-order valence-electron chi connectivity index (χ0n) is 17.4. The molecule has 2 aromatic rings. The van der Waals surface area contributed by atoms with Gasteiger partial charge in [0.25, 0.3) is 0 Å². The van der Waals surface area contributed by atoms with Crippen LogP contribution in [0.3, 0.4) is 0 Å². The van der Waals surface area contributed by atoms with Crippen LogP contribution in [0.4, 0.5) is 8.78 Å². The summed E-state index contributed by atoms with van der Waals surface area (Å²) in [6.07, 6.45) is 0.508. The molecule has 0 bridgehead atoms. The van der Waals surface area contributed by atoms with E-state index in [9.17, 15) is 18.4 Å². The highest BCUT2D eigenvalue weighted by atomic mass is 19.1. The molecule has 1 heterocycles. The molecular weight excluding hydrogens is 404 g/mol. The first-order valence-electron chi connectivity index (χ1n) is 10.6. The van der Waals surface area contributed by atoms with E-state index in [-0.39, 0.29) is 42.1 Å². The Labute approximate surface area is 179 Å². The Hall–Kier alpha value is -2.80. The van der Waals surface area contributed by atoms with Crippen LogP contribution in [0, 0.1) is 17.6 Å². The van der Waals surface area contributed by atoms with Gasteiger partial charge in [-0.15, -0.1) is 0 Å². The fourth-order valence-corrected chi connectivity index (χ4v) is 4.03. The number of benzene rings is 2. The highest BCUT2D eigenvalue weighted by molar-refractivity contribution is 5.96. The van der Waals surface area contributed by atoms with Crippen molar-refractivity contribution >= 4 is 11.7 Å². The van der Waals surface area contributed by atoms with Crippen LogP contribution in [0.25, 0.3) is 0 Å². The van der Waals surface area contributed by atoms with E-state index < -0.39 is 23.5 Å². The van der Waals surface area contributed by atoms with Gasteiger partial charge in [0.1, 0.15) is 12.7 Å². The van der Waals surface area contributed by atoms with Crippen molar-refractivity contribution < 1.29 is 27.8 Å². The van der Waals surface area contributed by atoms with Gasteiger partial charge in [-0.25, -0.2) is 8.78 Å². The lowest BCUT2D eigenvalue weighted by atomic mass is 10.1. The van der Waals surface area contributed by atoms with Gasteiger partial charge in [0, 0.05) is 24.4 Å². The van der Waals surface area contributed by atoms with Crippen LogP contribution in [-0.4, -0.2) is 49.0 Å². The quantitative estimate of drug-likeness (QED) is 0.625. The lowest BCUT2D eigenvalue weighted by Crippen LogP contribution is -2.48. The smallest absolute Gasteiger partial charge is 0.226 e. The summed E-state index contributed by atoms with van der Waals surface area (Å²) < 4.78 is 39.5. The average molecular weight is 429 g/mol. The Morgan fingerprint density at radius 1 is 1.16 bits per heavy atom. The van der Waals surface area contributed by atoms with Crippen molar-refractivity contribution in [2.24, 2.45) is 5.92 Å². The maximum absolute atomic E-state index is 14.3. The molecule has 2 aromatic carbocycles. The molecule has 1 aliphatic carbocycles. The topological polar surface area (TPSA) is 55.8 Å². The number of ether oxygens (including phenoxy) is 2. The summed E-state index contributed by atoms with van der Waals surface area (Å²) in [5, 5.41) is 0. The number of Topliss-reactive ketones (excluding diaryl/α,β-unsaturated/α-hetero) is 1. The fraction of sp³-hybridized carbons (Fsp3) is 0.417. The third kappa shape index (κ3) is 4.77. The van der Waals surface area contributed by atoms with Gasteiger partial charge in [-0.3, -0.25) is 9.59 Å². The van der Waals surface area contributed by atoms with Crippen LogP contribution < -0.4 is 4.74 Å². The first kappa shape index (κ1) is 21.4. The number of carbonyl (C=O) groups excluding carboxylic acids is 2. The molecule has 1 saturated carbocycles. The van der Waals surface area contributed by atoms with Gasteiger partial charge in [-0.1, -0.05) is 37.3 Å². The second kappa shape index (κ2) is 9.14. The maximum Gasteiger partial charge on any atom is 0.226 e. The van der Waals surface area contributed by atoms with E-state index >= 15 is 0 Å². The lowest BCUT2D eigenvalue weighted by molar-refractivity contribution is -0.141. The second-order valence-corrected chi connectivity index (χ2v) is 7.99. The highest BCUT2D eigenvalue weighted by Crippen LogP contribution is 2.48. The first-order chi connectivity index (χ1) is 15.0. The summed E-state index contributed by atoms with van der Waals surface area (Å²) in [4.78, 5) is 26.3. The second-order valence-electron chi connectivity index (χ2n) is 7.99. The Morgan fingerprint density at radius 2 is 1.87 bits per heavy atom. The van der Waals surface area contributed by atoms with Crippen LogP contribution >= 0.6 is 0 Å². The molecular formula is C24H25F2NO4. The molecule has 1 amide bonds. The minimum absolute atomic E-state index is 0.0204. The summed E-state index contributed by atoms with van der Waals surface area (Å²) in [6, 6.07) is 11.9. The van der Waals surface area contributed by atoms with Crippen LogP contribution in [-0.2, 0) is 9.53 Å². The minimum atomic E-state index is -0.927. The number of morpholine rings is 1. The molecule has 1 saturated heterocycles. The SMILES string of the molecule is CCC(=O)c1cc(F)c(OCC2CN(C(=O)[C@H]3C[C@@H]3c3ccccc3)CCO2)c(F)c1. The Balaban J connectivity index is 1.34. The molecule has 7 heteroatoms. The molecule has 0 N–H and O–H groups in total. The summed E-state index contributed by atoms with van der Waals surface area (Å²) in [5.41, 5.74) is 1.15. The van der Waals surface area contributed by atoms with E-state index in [0.29, 0.717) is 19.7 Å². The van der Waals surface area contributed by atoms with Gasteiger partial charge in [0.05, 0.1) is 13.2 Å². The van der Waals surface area contributed by atoms with Gasteiger partial charge < -0.3 is 14.4 Å². The van der Waals surface area contributed by atoms with Crippen molar-refractivity contribution in [1.82, 2.24) is 4.90 Å². The van der Waals surface area contributed by atoms with E-state index in [1.165, 1.54) is 5.56 Å². The Kier molecular flexibility index (Phi) is 6.32. The molecule has 0 aromatic heterocycles. The van der Waals surface area contributed by atoms with E-state index in [4.69, 9.17) is 9.47 Å². The Bertz CT molecular complexity index is 942. The standard InChI is InChI=1S/C24H25F2NO4/c1-2-22(28)16-10-20(25)23(21(26)11-16)31-14-17-13-27(8-9-30-17)24(29)19-12-18(19)15-6-4-3-5-7-15/h3-7,10-11,17-19H,2,8-9,12-14H2,1H3/t17?,18-,19+/m1/s1. The van der Waals surface area contributed by atoms with Gasteiger partial charge in [-0.05, 0) is 30.0 Å². The molecule has 3 atom stereocenters. The van der Waals surface area contributed by atoms with Gasteiger partial charge in [-0.2, -0.15) is 0 Å². The van der Waals surface area contributed by atoms with Gasteiger partial charge in [0.15, 0.2) is 23.2 Å². The van der Waals surface area contributed by atoms with Gasteiger partial charge in [0.2, 0.25) is 5.91 Å². The van der Waals surface area contributed by atoms with Crippen LogP contribution in [0.5, 0.6) is 5.75 Å². The van der Waals surface area contributed by atoms with E-state index in [1.807, 2.05) is 30.3 Å². The molecule has 1 unspecified atom stereocenters. The first-order valence-corrected chi connectivity index (χ1v) is 10.6. The number of nitrogens with zero attached hydrogens (tertiary/aromatic N) is 1. The van der Waals surface area contributed by atoms with Crippen molar-refractivity contribution in [3.8, 4) is 5.75 Å². The number of rotatable bonds is 7. The van der Waals surface area contributed by atoms with Crippen LogP contribution in [0.1, 0.15) is 41.6 Å². The molecule has 2 aliphatic rings. The summed E-state index contributed by atoms with van der Waals surface area (Å²) >= 11 is 0. The third-order valence-electron chi connectivity index (χ3n) is 5.84. The Morgan fingerprint density at radius 3 is 2.55 bits per heavy atom. The normalized spacial score (nSPS) is 22.8. The van der Waals surface area contributed by atoms with Crippen molar-refractivity contribution in [1.29, 1.82) is 0 Å².